The Morgan fingerprint density at radius 1 is 1.10 bits per heavy atom. The third kappa shape index (κ3) is 3.60. The standard InChI is InChI=1S/C19H15N7O2S/c1-2-9-26-18(28)14(17(27)21-19(26)29)10-13-7-8-15(20-13)11-3-5-12(6-4-11)16-22-24-25-23-16/h2-8,10,20H,1,9H2,(H,21,27,29)(H,22,23,24,25). The summed E-state index contributed by atoms with van der Waals surface area (Å²) in [5, 5.41) is 16.4. The van der Waals surface area contributed by atoms with Crippen LogP contribution in [0, 0.1) is 0 Å². The van der Waals surface area contributed by atoms with Crippen molar-refractivity contribution in [2.24, 2.45) is 0 Å². The molecule has 1 fully saturated rings. The van der Waals surface area contributed by atoms with Gasteiger partial charge in [-0.05, 0) is 41.2 Å². The van der Waals surface area contributed by atoms with E-state index >= 15 is 0 Å². The summed E-state index contributed by atoms with van der Waals surface area (Å²) in [4.78, 5) is 29.3. The summed E-state index contributed by atoms with van der Waals surface area (Å²) in [6.45, 7) is 3.83. The molecule has 3 heterocycles. The van der Waals surface area contributed by atoms with E-state index in [2.05, 4.69) is 37.5 Å². The predicted molar refractivity (Wildman–Crippen MR) is 110 cm³/mol. The molecule has 9 nitrogen and oxygen atoms in total. The van der Waals surface area contributed by atoms with Crippen molar-refractivity contribution in [1.29, 1.82) is 0 Å². The molecule has 0 saturated carbocycles. The van der Waals surface area contributed by atoms with Crippen molar-refractivity contribution in [2.75, 3.05) is 6.54 Å². The van der Waals surface area contributed by atoms with E-state index in [9.17, 15) is 9.59 Å². The minimum absolute atomic E-state index is 0.00121. The molecule has 0 aliphatic carbocycles. The molecule has 29 heavy (non-hydrogen) atoms. The Hall–Kier alpha value is -3.92. The number of hydrogen-bond acceptors (Lipinski definition) is 6. The second-order valence-electron chi connectivity index (χ2n) is 6.16. The number of H-pyrrole nitrogens is 2. The first-order valence-corrected chi connectivity index (χ1v) is 9.00. The Kier molecular flexibility index (Phi) is 4.83. The predicted octanol–water partition coefficient (Wildman–Crippen LogP) is 1.67. The molecule has 0 spiro atoms. The Morgan fingerprint density at radius 3 is 2.55 bits per heavy atom. The molecular weight excluding hydrogens is 390 g/mol. The average Bonchev–Trinajstić information content (AvgIpc) is 3.41. The van der Waals surface area contributed by atoms with E-state index in [0.717, 1.165) is 16.8 Å². The summed E-state index contributed by atoms with van der Waals surface area (Å²) in [7, 11) is 0. The molecule has 0 radical (unpaired) electrons. The molecule has 1 aliphatic heterocycles. The van der Waals surface area contributed by atoms with E-state index in [1.165, 1.54) is 11.0 Å². The van der Waals surface area contributed by atoms with Crippen LogP contribution >= 0.6 is 12.2 Å². The number of aromatic amines is 2. The van der Waals surface area contributed by atoms with Crippen LogP contribution < -0.4 is 5.32 Å². The van der Waals surface area contributed by atoms with Crippen molar-refractivity contribution >= 4 is 35.2 Å². The number of aromatic nitrogens is 5. The number of amides is 2. The van der Waals surface area contributed by atoms with Gasteiger partial charge in [-0.15, -0.1) is 16.8 Å². The normalized spacial score (nSPS) is 15.7. The highest BCUT2D eigenvalue weighted by Crippen LogP contribution is 2.23. The molecule has 144 valence electrons. The highest BCUT2D eigenvalue weighted by atomic mass is 32.1. The largest absolute Gasteiger partial charge is 0.355 e. The number of thiocarbonyl (C=S) groups is 1. The molecular formula is C19H15N7O2S. The Bertz CT molecular complexity index is 1130. The number of carbonyl (C=O) groups excluding carboxylic acids is 2. The number of benzene rings is 1. The minimum Gasteiger partial charge on any atom is -0.355 e. The maximum atomic E-state index is 12.6. The number of nitrogens with zero attached hydrogens (tertiary/aromatic N) is 4. The highest BCUT2D eigenvalue weighted by Gasteiger charge is 2.32. The van der Waals surface area contributed by atoms with Crippen molar-refractivity contribution in [1.82, 2.24) is 35.8 Å². The molecule has 0 unspecified atom stereocenters. The Labute approximate surface area is 170 Å². The number of hydrogen-bond donors (Lipinski definition) is 3. The molecule has 2 aromatic heterocycles. The number of nitrogens with one attached hydrogen (secondary N) is 3. The average molecular weight is 405 g/mol. The van der Waals surface area contributed by atoms with Crippen molar-refractivity contribution < 1.29 is 9.59 Å². The molecule has 3 aromatic rings. The van der Waals surface area contributed by atoms with Gasteiger partial charge < -0.3 is 4.98 Å². The topological polar surface area (TPSA) is 120 Å². The lowest BCUT2D eigenvalue weighted by molar-refractivity contribution is -0.128. The van der Waals surface area contributed by atoms with E-state index in [0.29, 0.717) is 11.5 Å². The maximum Gasteiger partial charge on any atom is 0.266 e. The van der Waals surface area contributed by atoms with Crippen molar-refractivity contribution in [3.63, 3.8) is 0 Å². The van der Waals surface area contributed by atoms with Gasteiger partial charge in [-0.3, -0.25) is 19.8 Å². The van der Waals surface area contributed by atoms with E-state index in [-0.39, 0.29) is 17.2 Å². The first-order valence-electron chi connectivity index (χ1n) is 8.60. The van der Waals surface area contributed by atoms with Crippen LogP contribution in [0.4, 0.5) is 0 Å². The Morgan fingerprint density at radius 2 is 1.86 bits per heavy atom. The number of rotatable bonds is 5. The van der Waals surface area contributed by atoms with Gasteiger partial charge in [-0.1, -0.05) is 30.3 Å². The van der Waals surface area contributed by atoms with Gasteiger partial charge in [0.15, 0.2) is 5.11 Å². The second-order valence-corrected chi connectivity index (χ2v) is 6.55. The zero-order valence-corrected chi connectivity index (χ0v) is 15.9. The molecule has 4 rings (SSSR count). The highest BCUT2D eigenvalue weighted by molar-refractivity contribution is 7.80. The van der Waals surface area contributed by atoms with Crippen molar-refractivity contribution in [2.45, 2.75) is 0 Å². The van der Waals surface area contributed by atoms with Crippen LogP contribution in [0.3, 0.4) is 0 Å². The lowest BCUT2D eigenvalue weighted by Gasteiger charge is -2.27. The zero-order valence-electron chi connectivity index (χ0n) is 15.0. The fourth-order valence-corrected chi connectivity index (χ4v) is 3.14. The van der Waals surface area contributed by atoms with Gasteiger partial charge in [-0.25, -0.2) is 0 Å². The third-order valence-corrected chi connectivity index (χ3v) is 4.63. The SMILES string of the molecule is C=CCN1C(=O)C(=Cc2ccc(-c3ccc(-c4nn[nH]n4)cc3)[nH]2)C(=O)NC1=S. The Balaban J connectivity index is 1.58. The van der Waals surface area contributed by atoms with Gasteiger partial charge >= 0.3 is 0 Å². The summed E-state index contributed by atoms with van der Waals surface area (Å²) in [5.41, 5.74) is 3.21. The molecule has 0 atom stereocenters. The van der Waals surface area contributed by atoms with Crippen LogP contribution in [0.2, 0.25) is 0 Å². The van der Waals surface area contributed by atoms with Crippen molar-refractivity contribution in [3.8, 4) is 22.6 Å². The van der Waals surface area contributed by atoms with Crippen LogP contribution in [0.15, 0.2) is 54.6 Å². The fraction of sp³-hybridized carbons (Fsp3) is 0.0526. The minimum atomic E-state index is -0.527. The zero-order chi connectivity index (χ0) is 20.4. The van der Waals surface area contributed by atoms with E-state index in [4.69, 9.17) is 12.2 Å². The molecule has 1 aromatic carbocycles. The first kappa shape index (κ1) is 18.4. The molecule has 2 amide bonds. The first-order chi connectivity index (χ1) is 14.1. The van der Waals surface area contributed by atoms with Crippen LogP contribution in [0.1, 0.15) is 5.69 Å². The van der Waals surface area contributed by atoms with Crippen LogP contribution in [0.5, 0.6) is 0 Å². The summed E-state index contributed by atoms with van der Waals surface area (Å²) < 4.78 is 0. The summed E-state index contributed by atoms with van der Waals surface area (Å²) in [5.74, 6) is -0.475. The van der Waals surface area contributed by atoms with Gasteiger partial charge in [0.05, 0.1) is 0 Å². The monoisotopic (exact) mass is 405 g/mol. The maximum absolute atomic E-state index is 12.6. The third-order valence-electron chi connectivity index (χ3n) is 4.31. The number of tetrazole rings is 1. The van der Waals surface area contributed by atoms with Gasteiger partial charge in [0.25, 0.3) is 11.8 Å². The van der Waals surface area contributed by atoms with Crippen LogP contribution in [-0.2, 0) is 9.59 Å². The van der Waals surface area contributed by atoms with Gasteiger partial charge in [0.2, 0.25) is 5.82 Å². The van der Waals surface area contributed by atoms with Gasteiger partial charge in [0, 0.05) is 23.5 Å². The summed E-state index contributed by atoms with van der Waals surface area (Å²) in [6.07, 6.45) is 3.05. The van der Waals surface area contributed by atoms with Crippen LogP contribution in [0.25, 0.3) is 28.7 Å². The summed E-state index contributed by atoms with van der Waals surface area (Å²) in [6, 6.07) is 11.2. The fourth-order valence-electron chi connectivity index (χ4n) is 2.89. The second kappa shape index (κ2) is 7.60. The van der Waals surface area contributed by atoms with E-state index in [1.807, 2.05) is 30.3 Å². The van der Waals surface area contributed by atoms with Gasteiger partial charge in [-0.2, -0.15) is 5.21 Å². The molecule has 1 saturated heterocycles. The molecule has 10 heteroatoms. The quantitative estimate of drug-likeness (QED) is 0.257. The molecule has 1 aliphatic rings. The lowest BCUT2D eigenvalue weighted by atomic mass is 10.1. The summed E-state index contributed by atoms with van der Waals surface area (Å²) >= 11 is 5.05. The molecule has 3 N–H and O–H groups in total. The van der Waals surface area contributed by atoms with E-state index < -0.39 is 11.8 Å². The van der Waals surface area contributed by atoms with Crippen LogP contribution in [-0.4, -0.2) is 54.0 Å². The number of carbonyl (C=O) groups is 2. The smallest absolute Gasteiger partial charge is 0.266 e. The van der Waals surface area contributed by atoms with Crippen molar-refractivity contribution in [3.05, 3.63) is 60.3 Å². The lowest BCUT2D eigenvalue weighted by Crippen LogP contribution is -2.53. The molecule has 0 bridgehead atoms. The van der Waals surface area contributed by atoms with Gasteiger partial charge in [0.1, 0.15) is 5.57 Å². The van der Waals surface area contributed by atoms with E-state index in [1.54, 1.807) is 12.1 Å².